The number of alkyl halides is 6. The van der Waals surface area contributed by atoms with Crippen molar-refractivity contribution in [3.05, 3.63) is 22.3 Å². The summed E-state index contributed by atoms with van der Waals surface area (Å²) in [6.45, 7) is 0. The lowest BCUT2D eigenvalue weighted by molar-refractivity contribution is -0.356. The first-order valence-electron chi connectivity index (χ1n) is 8.02. The van der Waals surface area contributed by atoms with Crippen molar-refractivity contribution in [1.29, 1.82) is 0 Å². The maximum absolute atomic E-state index is 13.4. The lowest BCUT2D eigenvalue weighted by atomic mass is 9.66. The number of halogens is 6. The van der Waals surface area contributed by atoms with Gasteiger partial charge in [0.1, 0.15) is 21.4 Å². The van der Waals surface area contributed by atoms with Gasteiger partial charge in [0.25, 0.3) is 10.1 Å². The Morgan fingerprint density at radius 1 is 0.839 bits per heavy atom. The molecule has 0 aliphatic carbocycles. The van der Waals surface area contributed by atoms with Gasteiger partial charge in [-0.3, -0.25) is 4.55 Å². The first-order chi connectivity index (χ1) is 13.9. The van der Waals surface area contributed by atoms with Gasteiger partial charge in [0, 0.05) is 0 Å². The van der Waals surface area contributed by atoms with Crippen molar-refractivity contribution in [2.45, 2.75) is 36.9 Å². The van der Waals surface area contributed by atoms with E-state index in [0.29, 0.717) is 0 Å². The van der Waals surface area contributed by atoms with Gasteiger partial charge in [-0.25, -0.2) is 4.79 Å². The molecule has 0 fully saturated rings. The number of hydrogen-bond donors (Lipinski definition) is 1. The number of hydrogen-bond acceptors (Lipinski definition) is 4. The molecule has 1 N–H and O–H groups in total. The van der Waals surface area contributed by atoms with Crippen LogP contribution < -0.4 is 10.9 Å². The normalized spacial score (nSPS) is 13.3. The van der Waals surface area contributed by atoms with E-state index < -0.39 is 80.1 Å². The van der Waals surface area contributed by atoms with Crippen molar-refractivity contribution >= 4 is 66.2 Å². The zero-order chi connectivity index (χ0) is 24.6. The average molecular weight is 457 g/mol. The average Bonchev–Trinajstić information content (AvgIpc) is 2.57. The third-order valence-electron chi connectivity index (χ3n) is 4.29. The lowest BCUT2D eigenvalue weighted by Gasteiger charge is -2.36. The van der Waals surface area contributed by atoms with E-state index in [-0.39, 0.29) is 11.9 Å². The highest BCUT2D eigenvalue weighted by molar-refractivity contribution is 7.85. The van der Waals surface area contributed by atoms with Gasteiger partial charge in [0.2, 0.25) is 0 Å². The van der Waals surface area contributed by atoms with Gasteiger partial charge >= 0.3 is 23.9 Å². The van der Waals surface area contributed by atoms with Crippen LogP contribution in [-0.2, 0) is 33.8 Å². The van der Waals surface area contributed by atoms with Gasteiger partial charge < -0.3 is 4.74 Å². The molecule has 0 spiro atoms. The standard InChI is InChI=1S/C14H9B5F6O5S/c15-1-5-8(6(2-16)10(19)7(3-17)9(5)18)11(26)30-12(13(20,21)22,14(23,24)25)4-31(27,28)29/h1-4H2,(H,27,28,29). The minimum Gasteiger partial charge on any atom is -0.435 e. The van der Waals surface area contributed by atoms with Crippen molar-refractivity contribution in [3.63, 3.8) is 0 Å². The second-order valence-electron chi connectivity index (χ2n) is 6.19. The Morgan fingerprint density at radius 2 is 1.19 bits per heavy atom. The molecular formula is C14H9B5F6O5S. The van der Waals surface area contributed by atoms with E-state index in [1.807, 2.05) is 0 Å². The molecule has 31 heavy (non-hydrogen) atoms. The minimum absolute atomic E-state index is 0.0201. The monoisotopic (exact) mass is 458 g/mol. The second-order valence-corrected chi connectivity index (χ2v) is 7.64. The van der Waals surface area contributed by atoms with Crippen molar-refractivity contribution in [3.8, 4) is 0 Å². The molecule has 1 rings (SSSR count). The number of carbonyl (C=O) groups excluding carboxylic acids is 1. The van der Waals surface area contributed by atoms with Gasteiger partial charge in [-0.05, 0) is 11.1 Å². The Hall–Kier alpha value is -1.50. The summed E-state index contributed by atoms with van der Waals surface area (Å²) in [5.41, 5.74) is -8.38. The van der Waals surface area contributed by atoms with Gasteiger partial charge in [0.15, 0.2) is 0 Å². The van der Waals surface area contributed by atoms with Gasteiger partial charge in [0.05, 0.1) is 29.1 Å². The first kappa shape index (κ1) is 27.5. The summed E-state index contributed by atoms with van der Waals surface area (Å²) in [6.07, 6.45) is -14.7. The SMILES string of the molecule is [B]Cc1c([B])c(C[B])c(C(=O)OC(CS(=O)(=O)O)(C(F)(F)F)C(F)(F)F)c(C[B])c1[B]. The number of rotatable bonds is 7. The fraction of sp³-hybridized carbons (Fsp3) is 0.500. The summed E-state index contributed by atoms with van der Waals surface area (Å²) in [6, 6.07) is 0. The smallest absolute Gasteiger partial charge is 0.435 e. The van der Waals surface area contributed by atoms with E-state index in [9.17, 15) is 39.6 Å². The fourth-order valence-electron chi connectivity index (χ4n) is 2.79. The Labute approximate surface area is 180 Å². The zero-order valence-corrected chi connectivity index (χ0v) is 16.3. The molecule has 0 saturated heterocycles. The molecule has 0 aliphatic heterocycles. The van der Waals surface area contributed by atoms with E-state index in [1.54, 1.807) is 0 Å². The van der Waals surface area contributed by atoms with E-state index in [1.165, 1.54) is 0 Å². The largest absolute Gasteiger partial charge is 0.438 e. The minimum atomic E-state index is -6.52. The van der Waals surface area contributed by atoms with Crippen LogP contribution in [0.3, 0.4) is 0 Å². The summed E-state index contributed by atoms with van der Waals surface area (Å²) in [5, 5.41) is 0. The summed E-state index contributed by atoms with van der Waals surface area (Å²) in [5.74, 6) is -5.37. The molecule has 0 amide bonds. The van der Waals surface area contributed by atoms with Gasteiger partial charge in [-0.1, -0.05) is 35.4 Å². The van der Waals surface area contributed by atoms with Crippen LogP contribution in [0.5, 0.6) is 0 Å². The van der Waals surface area contributed by atoms with E-state index in [2.05, 4.69) is 4.74 Å². The Morgan fingerprint density at radius 3 is 1.45 bits per heavy atom. The maximum Gasteiger partial charge on any atom is 0.438 e. The predicted molar refractivity (Wildman–Crippen MR) is 102 cm³/mol. The van der Waals surface area contributed by atoms with Gasteiger partial charge in [-0.15, -0.1) is 0 Å². The highest BCUT2D eigenvalue weighted by Gasteiger charge is 2.76. The van der Waals surface area contributed by atoms with Crippen LogP contribution in [0.25, 0.3) is 0 Å². The molecule has 17 heteroatoms. The molecule has 1 aromatic carbocycles. The molecule has 0 atom stereocenters. The van der Waals surface area contributed by atoms with Crippen molar-refractivity contribution < 1.29 is 48.8 Å². The molecule has 5 nitrogen and oxygen atoms in total. The summed E-state index contributed by atoms with van der Waals surface area (Å²) in [7, 11) is 21.8. The molecule has 0 saturated carbocycles. The molecule has 0 heterocycles. The Bertz CT molecular complexity index is 919. The first-order valence-corrected chi connectivity index (χ1v) is 9.63. The van der Waals surface area contributed by atoms with Crippen LogP contribution in [0.2, 0.25) is 0 Å². The molecule has 1 aromatic rings. The zero-order valence-electron chi connectivity index (χ0n) is 15.5. The van der Waals surface area contributed by atoms with Crippen molar-refractivity contribution in [2.75, 3.05) is 5.75 Å². The maximum atomic E-state index is 13.4. The van der Waals surface area contributed by atoms with Crippen LogP contribution in [0.4, 0.5) is 26.3 Å². The quantitative estimate of drug-likeness (QED) is 0.251. The molecular weight excluding hydrogens is 448 g/mol. The molecule has 0 unspecified atom stereocenters. The van der Waals surface area contributed by atoms with Crippen LogP contribution in [0.1, 0.15) is 27.0 Å². The lowest BCUT2D eigenvalue weighted by Crippen LogP contribution is -2.63. The van der Waals surface area contributed by atoms with Crippen molar-refractivity contribution in [1.82, 2.24) is 0 Å². The van der Waals surface area contributed by atoms with Crippen LogP contribution in [0, 0.1) is 0 Å². The summed E-state index contributed by atoms with van der Waals surface area (Å²) in [4.78, 5) is 12.6. The topological polar surface area (TPSA) is 80.7 Å². The molecule has 0 aliphatic rings. The molecule has 158 valence electrons. The highest BCUT2D eigenvalue weighted by atomic mass is 32.2. The molecule has 10 radical (unpaired) electrons. The summed E-state index contributed by atoms with van der Waals surface area (Å²) >= 11 is 0. The number of benzene rings is 1. The third kappa shape index (κ3) is 5.29. The Balaban J connectivity index is 3.89. The summed E-state index contributed by atoms with van der Waals surface area (Å²) < 4.78 is 115. The Kier molecular flexibility index (Phi) is 8.14. The van der Waals surface area contributed by atoms with Crippen LogP contribution in [0.15, 0.2) is 0 Å². The molecule has 0 bridgehead atoms. The van der Waals surface area contributed by atoms with Crippen LogP contribution >= 0.6 is 0 Å². The van der Waals surface area contributed by atoms with Crippen LogP contribution in [-0.4, -0.2) is 81.9 Å². The number of ether oxygens (including phenoxy) is 1. The van der Waals surface area contributed by atoms with Gasteiger partial charge in [-0.2, -0.15) is 34.8 Å². The predicted octanol–water partition coefficient (Wildman–Crippen LogP) is -0.812. The van der Waals surface area contributed by atoms with Crippen molar-refractivity contribution in [2.24, 2.45) is 0 Å². The number of carbonyl (C=O) groups is 1. The molecule has 0 aromatic heterocycles. The van der Waals surface area contributed by atoms with E-state index >= 15 is 0 Å². The van der Waals surface area contributed by atoms with E-state index in [0.717, 1.165) is 0 Å². The second kappa shape index (κ2) is 9.17. The highest BCUT2D eigenvalue weighted by Crippen LogP contribution is 2.47. The fourth-order valence-corrected chi connectivity index (χ4v) is 3.69. The third-order valence-corrected chi connectivity index (χ3v) is 5.06. The number of esters is 1. The van der Waals surface area contributed by atoms with E-state index in [4.69, 9.17) is 43.8 Å².